The van der Waals surface area contributed by atoms with Crippen molar-refractivity contribution in [3.05, 3.63) is 41.7 Å². The molecule has 2 N–H and O–H groups in total. The van der Waals surface area contributed by atoms with Gasteiger partial charge in [0.25, 0.3) is 0 Å². The van der Waals surface area contributed by atoms with Gasteiger partial charge in [-0.25, -0.2) is 9.97 Å². The number of rotatable bonds is 2. The fraction of sp³-hybridized carbons (Fsp3) is 0.375. The number of hydrogen-bond acceptors (Lipinski definition) is 4. The summed E-state index contributed by atoms with van der Waals surface area (Å²) in [6.07, 6.45) is 2.12. The fourth-order valence-electron chi connectivity index (χ4n) is 2.56. The van der Waals surface area contributed by atoms with Crippen LogP contribution in [-0.2, 0) is 4.74 Å². The molecule has 2 aromatic rings. The van der Waals surface area contributed by atoms with Crippen molar-refractivity contribution in [3.8, 4) is 11.3 Å². The Labute approximate surface area is 119 Å². The predicted molar refractivity (Wildman–Crippen MR) is 79.4 cm³/mol. The van der Waals surface area contributed by atoms with E-state index in [1.165, 1.54) is 0 Å². The van der Waals surface area contributed by atoms with Gasteiger partial charge in [-0.05, 0) is 19.8 Å². The van der Waals surface area contributed by atoms with Crippen molar-refractivity contribution >= 4 is 5.82 Å². The van der Waals surface area contributed by atoms with Crippen LogP contribution in [0.1, 0.15) is 30.1 Å². The Morgan fingerprint density at radius 1 is 1.20 bits per heavy atom. The molecular weight excluding hydrogens is 250 g/mol. The fourth-order valence-corrected chi connectivity index (χ4v) is 2.56. The zero-order valence-corrected chi connectivity index (χ0v) is 11.7. The summed E-state index contributed by atoms with van der Waals surface area (Å²) < 4.78 is 5.53. The number of hydrogen-bond donors (Lipinski definition) is 1. The first-order chi connectivity index (χ1) is 9.75. The maximum atomic E-state index is 6.07. The van der Waals surface area contributed by atoms with E-state index in [1.54, 1.807) is 0 Å². The minimum Gasteiger partial charge on any atom is -0.383 e. The number of nitrogens with zero attached hydrogens (tertiary/aromatic N) is 2. The number of nitrogen functional groups attached to an aromatic ring is 1. The van der Waals surface area contributed by atoms with E-state index in [4.69, 9.17) is 15.5 Å². The first kappa shape index (κ1) is 13.1. The molecule has 1 aromatic carbocycles. The third kappa shape index (κ3) is 2.51. The molecule has 4 heteroatoms. The smallest absolute Gasteiger partial charge is 0.136 e. The van der Waals surface area contributed by atoms with Crippen LogP contribution in [0.15, 0.2) is 30.3 Å². The van der Waals surface area contributed by atoms with Gasteiger partial charge in [-0.3, -0.25) is 0 Å². The van der Waals surface area contributed by atoms with Crippen LogP contribution in [0.25, 0.3) is 11.3 Å². The number of ether oxygens (including phenoxy) is 1. The van der Waals surface area contributed by atoms with Gasteiger partial charge in [0, 0.05) is 23.7 Å². The monoisotopic (exact) mass is 269 g/mol. The van der Waals surface area contributed by atoms with Gasteiger partial charge in [0.2, 0.25) is 0 Å². The molecule has 1 saturated heterocycles. The molecule has 4 nitrogen and oxygen atoms in total. The Balaban J connectivity index is 2.03. The van der Waals surface area contributed by atoms with Crippen LogP contribution in [0.4, 0.5) is 5.82 Å². The number of anilines is 1. The molecular formula is C16H19N3O. The summed E-state index contributed by atoms with van der Waals surface area (Å²) in [5.41, 5.74) is 9.02. The molecule has 20 heavy (non-hydrogen) atoms. The Morgan fingerprint density at radius 2 is 2.00 bits per heavy atom. The van der Waals surface area contributed by atoms with E-state index in [-0.39, 0.29) is 5.92 Å². The minimum absolute atomic E-state index is 0.258. The number of aromatic nitrogens is 2. The van der Waals surface area contributed by atoms with Crippen LogP contribution < -0.4 is 5.73 Å². The topological polar surface area (TPSA) is 61.0 Å². The lowest BCUT2D eigenvalue weighted by Crippen LogP contribution is -2.19. The minimum atomic E-state index is 0.258. The Morgan fingerprint density at radius 3 is 2.70 bits per heavy atom. The Hall–Kier alpha value is -1.94. The molecule has 0 bridgehead atoms. The molecule has 1 aliphatic heterocycles. The third-order valence-corrected chi connectivity index (χ3v) is 3.77. The average molecular weight is 269 g/mol. The summed E-state index contributed by atoms with van der Waals surface area (Å²) in [5, 5.41) is 0. The molecule has 1 aromatic heterocycles. The van der Waals surface area contributed by atoms with Crippen molar-refractivity contribution in [3.63, 3.8) is 0 Å². The van der Waals surface area contributed by atoms with E-state index < -0.39 is 0 Å². The molecule has 1 atom stereocenters. The average Bonchev–Trinajstić information content (AvgIpc) is 2.51. The SMILES string of the molecule is Cc1c(N)nc(C2CCCOC2)nc1-c1ccccc1. The molecule has 0 aliphatic carbocycles. The summed E-state index contributed by atoms with van der Waals surface area (Å²) in [7, 11) is 0. The summed E-state index contributed by atoms with van der Waals surface area (Å²) in [6, 6.07) is 10.1. The second-order valence-corrected chi connectivity index (χ2v) is 5.22. The summed E-state index contributed by atoms with van der Waals surface area (Å²) >= 11 is 0. The second-order valence-electron chi connectivity index (χ2n) is 5.22. The first-order valence-corrected chi connectivity index (χ1v) is 7.03. The van der Waals surface area contributed by atoms with Crippen molar-refractivity contribution in [2.75, 3.05) is 18.9 Å². The summed E-state index contributed by atoms with van der Waals surface area (Å²) in [5.74, 6) is 1.64. The van der Waals surface area contributed by atoms with Crippen LogP contribution in [0.5, 0.6) is 0 Å². The van der Waals surface area contributed by atoms with Crippen LogP contribution in [0.2, 0.25) is 0 Å². The van der Waals surface area contributed by atoms with Gasteiger partial charge in [0.1, 0.15) is 11.6 Å². The highest BCUT2D eigenvalue weighted by Gasteiger charge is 2.21. The maximum Gasteiger partial charge on any atom is 0.136 e. The van der Waals surface area contributed by atoms with Crippen LogP contribution >= 0.6 is 0 Å². The van der Waals surface area contributed by atoms with E-state index in [1.807, 2.05) is 25.1 Å². The van der Waals surface area contributed by atoms with Gasteiger partial charge in [-0.2, -0.15) is 0 Å². The highest BCUT2D eigenvalue weighted by atomic mass is 16.5. The van der Waals surface area contributed by atoms with E-state index in [0.29, 0.717) is 12.4 Å². The highest BCUT2D eigenvalue weighted by Crippen LogP contribution is 2.29. The molecule has 1 unspecified atom stereocenters. The highest BCUT2D eigenvalue weighted by molar-refractivity contribution is 5.67. The van der Waals surface area contributed by atoms with Gasteiger partial charge in [0.15, 0.2) is 0 Å². The van der Waals surface area contributed by atoms with E-state index in [9.17, 15) is 0 Å². The number of nitrogens with two attached hydrogens (primary N) is 1. The zero-order valence-electron chi connectivity index (χ0n) is 11.7. The molecule has 1 aliphatic rings. The summed E-state index contributed by atoms with van der Waals surface area (Å²) in [4.78, 5) is 9.23. The predicted octanol–water partition coefficient (Wildman–Crippen LogP) is 2.93. The molecule has 0 spiro atoms. The third-order valence-electron chi connectivity index (χ3n) is 3.77. The lowest BCUT2D eigenvalue weighted by molar-refractivity contribution is 0.0781. The molecule has 0 radical (unpaired) electrons. The largest absolute Gasteiger partial charge is 0.383 e. The summed E-state index contributed by atoms with van der Waals surface area (Å²) in [6.45, 7) is 3.50. The Kier molecular flexibility index (Phi) is 3.65. The van der Waals surface area contributed by atoms with Gasteiger partial charge in [0.05, 0.1) is 12.3 Å². The van der Waals surface area contributed by atoms with Crippen molar-refractivity contribution in [1.29, 1.82) is 0 Å². The van der Waals surface area contributed by atoms with E-state index in [2.05, 4.69) is 17.1 Å². The first-order valence-electron chi connectivity index (χ1n) is 7.03. The lowest BCUT2D eigenvalue weighted by atomic mass is 10.00. The molecule has 0 saturated carbocycles. The van der Waals surface area contributed by atoms with Crippen molar-refractivity contribution < 1.29 is 4.74 Å². The van der Waals surface area contributed by atoms with Crippen LogP contribution in [-0.4, -0.2) is 23.2 Å². The molecule has 1 fully saturated rings. The molecule has 104 valence electrons. The molecule has 2 heterocycles. The van der Waals surface area contributed by atoms with Crippen molar-refractivity contribution in [2.45, 2.75) is 25.7 Å². The van der Waals surface area contributed by atoms with Gasteiger partial charge in [-0.15, -0.1) is 0 Å². The van der Waals surface area contributed by atoms with E-state index >= 15 is 0 Å². The van der Waals surface area contributed by atoms with Crippen LogP contribution in [0, 0.1) is 6.92 Å². The molecule has 0 amide bonds. The van der Waals surface area contributed by atoms with Gasteiger partial charge < -0.3 is 10.5 Å². The molecule has 3 rings (SSSR count). The number of benzene rings is 1. The quantitative estimate of drug-likeness (QED) is 0.910. The maximum absolute atomic E-state index is 6.07. The standard InChI is InChI=1S/C16H19N3O/c1-11-14(12-6-3-2-4-7-12)18-16(19-15(11)17)13-8-5-9-20-10-13/h2-4,6-7,13H,5,8-10H2,1H3,(H2,17,18,19). The van der Waals surface area contributed by atoms with Gasteiger partial charge >= 0.3 is 0 Å². The normalized spacial score (nSPS) is 18.9. The van der Waals surface area contributed by atoms with Crippen LogP contribution in [0.3, 0.4) is 0 Å². The van der Waals surface area contributed by atoms with E-state index in [0.717, 1.165) is 42.1 Å². The zero-order chi connectivity index (χ0) is 13.9. The lowest BCUT2D eigenvalue weighted by Gasteiger charge is -2.22. The second kappa shape index (κ2) is 5.59. The Bertz CT molecular complexity index is 592. The van der Waals surface area contributed by atoms with Crippen molar-refractivity contribution in [1.82, 2.24) is 9.97 Å². The van der Waals surface area contributed by atoms with Crippen molar-refractivity contribution in [2.24, 2.45) is 0 Å². The van der Waals surface area contributed by atoms with Gasteiger partial charge in [-0.1, -0.05) is 30.3 Å².